The van der Waals surface area contributed by atoms with Crippen LogP contribution in [0, 0.1) is 0 Å². The molecule has 6 heterocycles. The van der Waals surface area contributed by atoms with E-state index in [0.29, 0.717) is 28.9 Å². The van der Waals surface area contributed by atoms with Gasteiger partial charge >= 0.3 is 6.18 Å². The number of halogens is 3. The Bertz CT molecular complexity index is 1470. The van der Waals surface area contributed by atoms with Crippen molar-refractivity contribution >= 4 is 40.4 Å². The lowest BCUT2D eigenvalue weighted by molar-refractivity contribution is -0.137. The first-order valence-corrected chi connectivity index (χ1v) is 16.1. The molecule has 41 heavy (non-hydrogen) atoms. The maximum Gasteiger partial charge on any atom is 0.420 e. The number of anilines is 3. The number of thiophene rings is 1. The van der Waals surface area contributed by atoms with Crippen LogP contribution in [-0.4, -0.2) is 71.6 Å². The van der Waals surface area contributed by atoms with Crippen molar-refractivity contribution in [2.75, 3.05) is 48.8 Å². The molecule has 2 unspecified atom stereocenters. The van der Waals surface area contributed by atoms with E-state index >= 15 is 0 Å². The van der Waals surface area contributed by atoms with Gasteiger partial charge in [0.25, 0.3) is 0 Å². The maximum atomic E-state index is 14.2. The molecule has 12 heteroatoms. The molecular weight excluding hydrogens is 569 g/mol. The Morgan fingerprint density at radius 2 is 2.00 bits per heavy atom. The zero-order chi connectivity index (χ0) is 27.7. The summed E-state index contributed by atoms with van der Waals surface area (Å²) in [7, 11) is 0. The Morgan fingerprint density at radius 3 is 2.71 bits per heavy atom. The standard InChI is InChI=1S/C29H31F3N6OS2/c30-29(31,32)22-11-34-28(36-27(22)25-9-24-26(41-25)13-37(5-6-40-24)20-14-39-15-20)35-23-4-3-18(8-21(23)16-1-2-16)38-12-17-7-19(38)10-33-17/h3-4,8-9,11,16-17,19-20,33H,1-2,5-7,10,12-15H2,(H,34,35,36). The molecule has 2 bridgehead atoms. The van der Waals surface area contributed by atoms with Crippen molar-refractivity contribution in [1.29, 1.82) is 0 Å². The van der Waals surface area contributed by atoms with Gasteiger partial charge < -0.3 is 20.3 Å². The zero-order valence-electron chi connectivity index (χ0n) is 22.4. The van der Waals surface area contributed by atoms with E-state index in [0.717, 1.165) is 79.6 Å². The summed E-state index contributed by atoms with van der Waals surface area (Å²) in [5, 5.41) is 6.86. The second-order valence-corrected chi connectivity index (χ2v) is 14.0. The van der Waals surface area contributed by atoms with Crippen LogP contribution in [-0.2, 0) is 17.5 Å². The predicted octanol–water partition coefficient (Wildman–Crippen LogP) is 5.70. The summed E-state index contributed by atoms with van der Waals surface area (Å²) in [6, 6.07) is 9.78. The number of hydrogen-bond acceptors (Lipinski definition) is 9. The molecule has 0 spiro atoms. The first kappa shape index (κ1) is 26.3. The summed E-state index contributed by atoms with van der Waals surface area (Å²) in [5.41, 5.74) is 2.44. The van der Waals surface area contributed by atoms with Crippen molar-refractivity contribution in [1.82, 2.24) is 20.2 Å². The average molecular weight is 601 g/mol. The zero-order valence-corrected chi connectivity index (χ0v) is 24.0. The molecule has 3 aromatic rings. The van der Waals surface area contributed by atoms with Crippen LogP contribution in [0.1, 0.15) is 41.2 Å². The smallest absolute Gasteiger partial charge is 0.378 e. The number of ether oxygens (including phenoxy) is 1. The van der Waals surface area contributed by atoms with Gasteiger partial charge in [-0.25, -0.2) is 9.97 Å². The molecular formula is C29H31F3N6OS2. The SMILES string of the molecule is FC(F)(F)c1cnc(Nc2ccc(N3CC4CC3CN4)cc2C2CC2)nc1-c1cc2c(s1)CN(C1COC1)CCS2. The number of rotatable bonds is 6. The van der Waals surface area contributed by atoms with Crippen LogP contribution in [0.25, 0.3) is 10.6 Å². The van der Waals surface area contributed by atoms with Crippen LogP contribution in [0.3, 0.4) is 0 Å². The molecule has 1 saturated carbocycles. The third-order valence-corrected chi connectivity index (χ3v) is 11.2. The van der Waals surface area contributed by atoms with Gasteiger partial charge in [-0.15, -0.1) is 23.1 Å². The molecule has 2 N–H and O–H groups in total. The number of thioether (sulfide) groups is 1. The summed E-state index contributed by atoms with van der Waals surface area (Å²) in [6.45, 7) is 5.15. The van der Waals surface area contributed by atoms with E-state index in [2.05, 4.69) is 42.5 Å². The highest BCUT2D eigenvalue weighted by molar-refractivity contribution is 7.99. The van der Waals surface area contributed by atoms with E-state index in [4.69, 9.17) is 4.74 Å². The molecule has 8 rings (SSSR count). The van der Waals surface area contributed by atoms with Gasteiger partial charge in [0.1, 0.15) is 5.56 Å². The number of hydrogen-bond donors (Lipinski definition) is 2. The van der Waals surface area contributed by atoms with Crippen molar-refractivity contribution in [3.8, 4) is 10.6 Å². The molecule has 0 amide bonds. The summed E-state index contributed by atoms with van der Waals surface area (Å²) < 4.78 is 47.9. The number of benzene rings is 1. The Balaban J connectivity index is 1.11. The third-order valence-electron chi connectivity index (χ3n) is 8.90. The summed E-state index contributed by atoms with van der Waals surface area (Å²) >= 11 is 3.12. The molecule has 7 nitrogen and oxygen atoms in total. The molecule has 1 aromatic carbocycles. The molecule has 0 radical (unpaired) electrons. The fourth-order valence-corrected chi connectivity index (χ4v) is 8.89. The van der Waals surface area contributed by atoms with Gasteiger partial charge in [-0.3, -0.25) is 4.90 Å². The highest BCUT2D eigenvalue weighted by atomic mass is 32.2. The molecule has 2 aromatic heterocycles. The van der Waals surface area contributed by atoms with Gasteiger partial charge in [0.2, 0.25) is 5.95 Å². The molecule has 216 valence electrons. The molecule has 4 fully saturated rings. The minimum Gasteiger partial charge on any atom is -0.378 e. The number of piperazine rings is 1. The van der Waals surface area contributed by atoms with E-state index < -0.39 is 11.7 Å². The van der Waals surface area contributed by atoms with Crippen LogP contribution in [0.2, 0.25) is 0 Å². The summed E-state index contributed by atoms with van der Waals surface area (Å²) in [6.07, 6.45) is -0.207. The minimum absolute atomic E-state index is 0.0580. The second-order valence-electron chi connectivity index (χ2n) is 11.7. The van der Waals surface area contributed by atoms with E-state index in [9.17, 15) is 13.2 Å². The first-order chi connectivity index (χ1) is 19.9. The number of alkyl halides is 3. The Labute approximate surface area is 244 Å². The highest BCUT2D eigenvalue weighted by Gasteiger charge is 2.39. The lowest BCUT2D eigenvalue weighted by atomic mass is 10.1. The van der Waals surface area contributed by atoms with Gasteiger partial charge in [-0.1, -0.05) is 0 Å². The Hall–Kier alpha value is -2.38. The van der Waals surface area contributed by atoms with E-state index in [1.165, 1.54) is 29.0 Å². The monoisotopic (exact) mass is 600 g/mol. The quantitative estimate of drug-likeness (QED) is 0.374. The van der Waals surface area contributed by atoms with Gasteiger partial charge in [-0.05, 0) is 55.0 Å². The fraction of sp³-hybridized carbons (Fsp3) is 0.517. The topological polar surface area (TPSA) is 65.6 Å². The molecule has 5 aliphatic rings. The van der Waals surface area contributed by atoms with Crippen molar-refractivity contribution < 1.29 is 17.9 Å². The van der Waals surface area contributed by atoms with Crippen molar-refractivity contribution in [3.63, 3.8) is 0 Å². The Morgan fingerprint density at radius 1 is 1.12 bits per heavy atom. The van der Waals surface area contributed by atoms with Crippen LogP contribution < -0.4 is 15.5 Å². The number of nitrogens with one attached hydrogen (secondary N) is 2. The van der Waals surface area contributed by atoms with Crippen LogP contribution in [0.15, 0.2) is 35.4 Å². The highest BCUT2D eigenvalue weighted by Crippen LogP contribution is 2.47. The lowest BCUT2D eigenvalue weighted by Gasteiger charge is -2.36. The third kappa shape index (κ3) is 5.01. The van der Waals surface area contributed by atoms with E-state index in [1.54, 1.807) is 11.8 Å². The first-order valence-electron chi connectivity index (χ1n) is 14.3. The van der Waals surface area contributed by atoms with Crippen LogP contribution in [0.4, 0.5) is 30.5 Å². The lowest BCUT2D eigenvalue weighted by Crippen LogP contribution is -2.48. The summed E-state index contributed by atoms with van der Waals surface area (Å²) in [4.78, 5) is 16.2. The fourth-order valence-electron chi connectivity index (χ4n) is 6.45. The van der Waals surface area contributed by atoms with Gasteiger partial charge in [-0.2, -0.15) is 13.2 Å². The molecule has 4 aliphatic heterocycles. The Kier molecular flexibility index (Phi) is 6.48. The van der Waals surface area contributed by atoms with Crippen molar-refractivity contribution in [3.05, 3.63) is 46.5 Å². The minimum atomic E-state index is -4.55. The van der Waals surface area contributed by atoms with Gasteiger partial charge in [0.05, 0.1) is 29.8 Å². The van der Waals surface area contributed by atoms with E-state index in [1.807, 2.05) is 12.1 Å². The van der Waals surface area contributed by atoms with Gasteiger partial charge in [0, 0.05) is 71.4 Å². The van der Waals surface area contributed by atoms with Crippen LogP contribution in [0.5, 0.6) is 0 Å². The average Bonchev–Trinajstić information content (AvgIpc) is 3.42. The van der Waals surface area contributed by atoms with E-state index in [-0.39, 0.29) is 11.6 Å². The summed E-state index contributed by atoms with van der Waals surface area (Å²) in [5.74, 6) is 1.55. The van der Waals surface area contributed by atoms with Crippen molar-refractivity contribution in [2.24, 2.45) is 0 Å². The predicted molar refractivity (Wildman–Crippen MR) is 155 cm³/mol. The number of aromatic nitrogens is 2. The molecule has 2 atom stereocenters. The normalized spacial score (nSPS) is 24.8. The maximum absolute atomic E-state index is 14.2. The number of nitrogens with zero attached hydrogens (tertiary/aromatic N) is 4. The second kappa shape index (κ2) is 10.1. The van der Waals surface area contributed by atoms with Gasteiger partial charge in [0.15, 0.2) is 0 Å². The molecule has 3 saturated heterocycles. The number of fused-ring (bicyclic) bond motifs is 3. The van der Waals surface area contributed by atoms with Crippen LogP contribution >= 0.6 is 23.1 Å². The molecule has 1 aliphatic carbocycles. The largest absolute Gasteiger partial charge is 0.420 e. The van der Waals surface area contributed by atoms with Crippen molar-refractivity contribution in [2.45, 2.75) is 60.9 Å².